The third-order valence-corrected chi connectivity index (χ3v) is 6.97. The largest absolute Gasteiger partial charge is 0.308 e. The number of rotatable bonds is 2. The van der Waals surface area contributed by atoms with Crippen LogP contribution in [-0.2, 0) is 0 Å². The van der Waals surface area contributed by atoms with Crippen LogP contribution >= 0.6 is 0 Å². The number of hydrogen-bond acceptors (Lipinski definition) is 2. The van der Waals surface area contributed by atoms with Crippen LogP contribution in [0.25, 0.3) is 60.3 Å². The summed E-state index contributed by atoms with van der Waals surface area (Å²) in [6, 6.07) is 39.8. The van der Waals surface area contributed by atoms with Crippen molar-refractivity contribution in [3.63, 3.8) is 0 Å². The molecule has 174 valence electrons. The van der Waals surface area contributed by atoms with Gasteiger partial charge in [0.15, 0.2) is 0 Å². The number of nitrogens with zero attached hydrogens (tertiary/aromatic N) is 3. The Morgan fingerprint density at radius 3 is 1.43 bits per heavy atom. The molecule has 0 aliphatic rings. The monoisotopic (exact) mass is 473 g/mol. The molecule has 0 saturated carbocycles. The number of hydrogen-bond donors (Lipinski definition) is 0. The van der Waals surface area contributed by atoms with E-state index < -0.39 is 0 Å². The topological polar surface area (TPSA) is 52.0 Å². The molecule has 0 aliphatic heterocycles. The van der Waals surface area contributed by atoms with Crippen molar-refractivity contribution in [3.05, 3.63) is 114 Å². The van der Waals surface area contributed by atoms with Gasteiger partial charge in [-0.3, -0.25) is 0 Å². The summed E-state index contributed by atoms with van der Waals surface area (Å²) in [6.07, 6.45) is 0. The lowest BCUT2D eigenvalue weighted by atomic mass is 9.97. The molecular weight excluding hydrogens is 450 g/mol. The molecule has 37 heavy (non-hydrogen) atoms. The van der Waals surface area contributed by atoms with Gasteiger partial charge in [-0.25, -0.2) is 0 Å². The van der Waals surface area contributed by atoms with Gasteiger partial charge in [0.1, 0.15) is 0 Å². The van der Waals surface area contributed by atoms with Gasteiger partial charge in [0, 0.05) is 21.5 Å². The smallest absolute Gasteiger partial charge is 0.0992 e. The molecule has 0 amide bonds. The average Bonchev–Trinajstić information content (AvgIpc) is 3.49. The van der Waals surface area contributed by atoms with E-state index in [9.17, 15) is 10.5 Å². The highest BCUT2D eigenvalue weighted by molar-refractivity contribution is 6.24. The first kappa shape index (κ1) is 22.4. The predicted octanol–water partition coefficient (Wildman–Crippen LogP) is 8.94. The summed E-state index contributed by atoms with van der Waals surface area (Å²) in [7, 11) is 0. The zero-order chi connectivity index (χ0) is 25.5. The van der Waals surface area contributed by atoms with Crippen molar-refractivity contribution in [2.75, 3.05) is 0 Å². The van der Waals surface area contributed by atoms with E-state index in [0.717, 1.165) is 49.2 Å². The third kappa shape index (κ3) is 3.41. The second-order valence-corrected chi connectivity index (χ2v) is 8.89. The van der Waals surface area contributed by atoms with Crippen LogP contribution in [0.2, 0.25) is 0 Å². The van der Waals surface area contributed by atoms with Gasteiger partial charge in [0.25, 0.3) is 0 Å². The fourth-order valence-electron chi connectivity index (χ4n) is 5.34. The zero-order valence-corrected chi connectivity index (χ0v) is 20.7. The Morgan fingerprint density at radius 2 is 0.946 bits per heavy atom. The summed E-state index contributed by atoms with van der Waals surface area (Å²) in [5.41, 5.74) is 9.05. The minimum atomic E-state index is 0.625. The Hall–Kier alpha value is -5.12. The van der Waals surface area contributed by atoms with Gasteiger partial charge < -0.3 is 4.40 Å². The molecule has 7 aromatic rings. The summed E-state index contributed by atoms with van der Waals surface area (Å²) >= 11 is 0. The first-order valence-electron chi connectivity index (χ1n) is 12.5. The molecule has 0 spiro atoms. The van der Waals surface area contributed by atoms with Gasteiger partial charge in [0.05, 0.1) is 39.8 Å². The highest BCUT2D eigenvalue weighted by atomic mass is 14.9. The summed E-state index contributed by atoms with van der Waals surface area (Å²) < 4.78 is 2.21. The molecule has 7 rings (SSSR count). The van der Waals surface area contributed by atoms with Crippen LogP contribution in [0.1, 0.15) is 25.0 Å². The van der Waals surface area contributed by atoms with Crippen LogP contribution in [0, 0.1) is 22.7 Å². The van der Waals surface area contributed by atoms with Crippen molar-refractivity contribution in [1.82, 2.24) is 4.40 Å². The first-order valence-corrected chi connectivity index (χ1v) is 12.5. The molecule has 0 aliphatic carbocycles. The zero-order valence-electron chi connectivity index (χ0n) is 20.7. The Morgan fingerprint density at radius 1 is 0.486 bits per heavy atom. The Kier molecular flexibility index (Phi) is 5.33. The van der Waals surface area contributed by atoms with Gasteiger partial charge in [-0.1, -0.05) is 80.6 Å². The minimum Gasteiger partial charge on any atom is -0.308 e. The van der Waals surface area contributed by atoms with Crippen LogP contribution in [0.15, 0.2) is 103 Å². The van der Waals surface area contributed by atoms with Gasteiger partial charge >= 0.3 is 0 Å². The molecule has 0 atom stereocenters. The molecule has 3 heteroatoms. The summed E-state index contributed by atoms with van der Waals surface area (Å²) in [4.78, 5) is 0. The maximum atomic E-state index is 9.52. The Labute approximate surface area is 215 Å². The summed E-state index contributed by atoms with van der Waals surface area (Å²) in [5.74, 6) is 0. The van der Waals surface area contributed by atoms with Crippen molar-refractivity contribution in [3.8, 4) is 34.4 Å². The van der Waals surface area contributed by atoms with Crippen LogP contribution in [-0.4, -0.2) is 4.40 Å². The molecule has 0 bridgehead atoms. The van der Waals surface area contributed by atoms with Gasteiger partial charge in [-0.05, 0) is 58.7 Å². The summed E-state index contributed by atoms with van der Waals surface area (Å²) in [5, 5.41) is 23.6. The first-order chi connectivity index (χ1) is 18.2. The normalized spacial score (nSPS) is 10.9. The number of nitriles is 2. The lowest BCUT2D eigenvalue weighted by Gasteiger charge is -2.07. The van der Waals surface area contributed by atoms with Crippen molar-refractivity contribution in [2.45, 2.75) is 13.8 Å². The highest BCUT2D eigenvalue weighted by Crippen LogP contribution is 2.42. The second-order valence-electron chi connectivity index (χ2n) is 8.89. The highest BCUT2D eigenvalue weighted by Gasteiger charge is 2.19. The number of fused-ring (bicyclic) bond motifs is 6. The van der Waals surface area contributed by atoms with Gasteiger partial charge in [-0.2, -0.15) is 10.5 Å². The maximum Gasteiger partial charge on any atom is 0.0992 e. The molecule has 5 aromatic carbocycles. The molecule has 0 saturated heterocycles. The summed E-state index contributed by atoms with van der Waals surface area (Å²) in [6.45, 7) is 4.00. The quantitative estimate of drug-likeness (QED) is 0.252. The SMILES string of the molecule is CC.N#Cc1ccc2c3cc(-c4ccc(-c5ccccc5)cc4)cc4c5ccc(C#N)cc5n(c2c1)c34. The molecule has 0 N–H and O–H groups in total. The van der Waals surface area contributed by atoms with E-state index in [-0.39, 0.29) is 0 Å². The van der Waals surface area contributed by atoms with E-state index >= 15 is 0 Å². The molecule has 2 aromatic heterocycles. The van der Waals surface area contributed by atoms with Gasteiger partial charge in [0.2, 0.25) is 0 Å². The van der Waals surface area contributed by atoms with E-state index in [1.54, 1.807) is 0 Å². The van der Waals surface area contributed by atoms with Crippen LogP contribution < -0.4 is 0 Å². The molecule has 3 nitrogen and oxygen atoms in total. The van der Waals surface area contributed by atoms with Crippen molar-refractivity contribution in [2.24, 2.45) is 0 Å². The molecule has 2 heterocycles. The lowest BCUT2D eigenvalue weighted by molar-refractivity contribution is 1.36. The van der Waals surface area contributed by atoms with E-state index in [4.69, 9.17) is 0 Å². The average molecular weight is 474 g/mol. The van der Waals surface area contributed by atoms with Crippen molar-refractivity contribution in [1.29, 1.82) is 10.5 Å². The number of aromatic nitrogens is 1. The maximum absolute atomic E-state index is 9.52. The standard InChI is InChI=1S/C32H17N3.C2H6/c33-18-20-6-12-26-28-16-25(24-10-8-23(9-11-24)22-4-2-1-3-5-22)17-29-27-13-7-21(19-34)15-31(27)35(32(28)29)30(26)14-20;1-2/h1-17H;1-2H3. The van der Waals surface area contributed by atoms with Crippen molar-refractivity contribution >= 4 is 38.1 Å². The van der Waals surface area contributed by atoms with Crippen LogP contribution in [0.4, 0.5) is 0 Å². The Bertz CT molecular complexity index is 1900. The third-order valence-electron chi connectivity index (χ3n) is 6.97. The fraction of sp³-hybridized carbons (Fsp3) is 0.0588. The molecule has 0 radical (unpaired) electrons. The molecule has 0 unspecified atom stereocenters. The van der Waals surface area contributed by atoms with Gasteiger partial charge in [-0.15, -0.1) is 0 Å². The van der Waals surface area contributed by atoms with E-state index in [1.165, 1.54) is 11.1 Å². The minimum absolute atomic E-state index is 0.625. The second kappa shape index (κ2) is 8.83. The predicted molar refractivity (Wildman–Crippen MR) is 153 cm³/mol. The van der Waals surface area contributed by atoms with E-state index in [1.807, 2.05) is 56.3 Å². The van der Waals surface area contributed by atoms with Crippen molar-refractivity contribution < 1.29 is 0 Å². The lowest BCUT2D eigenvalue weighted by Crippen LogP contribution is -1.83. The van der Waals surface area contributed by atoms with E-state index in [2.05, 4.69) is 77.2 Å². The molecule has 0 fully saturated rings. The number of benzene rings is 5. The fourth-order valence-corrected chi connectivity index (χ4v) is 5.34. The van der Waals surface area contributed by atoms with Crippen LogP contribution in [0.5, 0.6) is 0 Å². The van der Waals surface area contributed by atoms with E-state index in [0.29, 0.717) is 11.1 Å². The van der Waals surface area contributed by atoms with Crippen LogP contribution in [0.3, 0.4) is 0 Å². The Balaban J connectivity index is 0.00000123. The molecular formula is C34H23N3.